The Morgan fingerprint density at radius 3 is 2.57 bits per heavy atom. The van der Waals surface area contributed by atoms with Crippen LogP contribution < -0.4 is 5.32 Å². The van der Waals surface area contributed by atoms with Crippen molar-refractivity contribution in [1.29, 1.82) is 0 Å². The number of aromatic nitrogens is 1. The molecule has 0 bridgehead atoms. The molecule has 1 amide bonds. The number of nitrogens with zero attached hydrogens (tertiary/aromatic N) is 3. The monoisotopic (exact) mass is 488 g/mol. The van der Waals surface area contributed by atoms with Gasteiger partial charge in [-0.05, 0) is 31.5 Å². The summed E-state index contributed by atoms with van der Waals surface area (Å²) in [5.74, 6) is -0.268. The van der Waals surface area contributed by atoms with E-state index in [1.165, 1.54) is 32.4 Å². The molecule has 0 unspecified atom stereocenters. The smallest absolute Gasteiger partial charge is 0.398 e. The standard InChI is InChI=1S/C24H23F3N4O4/c1-14-7-5-10-18(22(31-33-4)23(32)28-3)19(14)13-34-29-15(2)20-12-21(35-30-20)16-8-6-9-17(11-16)24(25,26)27/h5-12H,13H2,1-4H3,(H,28,32)/b29-15+,31-22+. The number of benzene rings is 2. The molecule has 0 radical (unpaired) electrons. The molecule has 8 nitrogen and oxygen atoms in total. The molecule has 3 rings (SSSR count). The predicted octanol–water partition coefficient (Wildman–Crippen LogP) is 4.71. The number of rotatable bonds is 8. The van der Waals surface area contributed by atoms with Gasteiger partial charge < -0.3 is 19.5 Å². The van der Waals surface area contributed by atoms with Gasteiger partial charge in [0.05, 0.1) is 5.56 Å². The van der Waals surface area contributed by atoms with Gasteiger partial charge in [0.25, 0.3) is 5.91 Å². The zero-order valence-electron chi connectivity index (χ0n) is 19.4. The lowest BCUT2D eigenvalue weighted by atomic mass is 9.98. The van der Waals surface area contributed by atoms with Crippen LogP contribution in [0.25, 0.3) is 11.3 Å². The van der Waals surface area contributed by atoms with Gasteiger partial charge in [-0.1, -0.05) is 45.8 Å². The molecule has 0 saturated carbocycles. The van der Waals surface area contributed by atoms with Gasteiger partial charge in [0.15, 0.2) is 11.5 Å². The van der Waals surface area contributed by atoms with E-state index in [0.29, 0.717) is 22.5 Å². The highest BCUT2D eigenvalue weighted by molar-refractivity contribution is 6.45. The number of carbonyl (C=O) groups is 1. The lowest BCUT2D eigenvalue weighted by molar-refractivity contribution is -0.137. The van der Waals surface area contributed by atoms with Crippen molar-refractivity contribution in [3.05, 3.63) is 76.5 Å². The summed E-state index contributed by atoms with van der Waals surface area (Å²) < 4.78 is 44.2. The number of alkyl halides is 3. The predicted molar refractivity (Wildman–Crippen MR) is 123 cm³/mol. The number of oxime groups is 2. The Kier molecular flexibility index (Phi) is 7.90. The van der Waals surface area contributed by atoms with Crippen molar-refractivity contribution in [2.24, 2.45) is 10.3 Å². The summed E-state index contributed by atoms with van der Waals surface area (Å²) in [5, 5.41) is 14.3. The van der Waals surface area contributed by atoms with E-state index in [1.807, 2.05) is 13.0 Å². The van der Waals surface area contributed by atoms with Crippen LogP contribution in [0.3, 0.4) is 0 Å². The van der Waals surface area contributed by atoms with E-state index in [9.17, 15) is 18.0 Å². The average Bonchev–Trinajstić information content (AvgIpc) is 3.33. The van der Waals surface area contributed by atoms with Gasteiger partial charge in [0.1, 0.15) is 25.1 Å². The molecule has 0 spiro atoms. The fraction of sp³-hybridized carbons (Fsp3) is 0.250. The Hall–Kier alpha value is -4.15. The number of halogens is 3. The molecule has 1 heterocycles. The minimum absolute atomic E-state index is 0.0113. The largest absolute Gasteiger partial charge is 0.416 e. The Balaban J connectivity index is 1.80. The number of nitrogens with one attached hydrogen (secondary N) is 1. The molecular formula is C24H23F3N4O4. The zero-order valence-corrected chi connectivity index (χ0v) is 19.4. The molecule has 0 fully saturated rings. The van der Waals surface area contributed by atoms with Gasteiger partial charge in [0, 0.05) is 29.8 Å². The second kappa shape index (κ2) is 10.9. The molecule has 184 valence electrons. The number of hydrogen-bond donors (Lipinski definition) is 1. The summed E-state index contributed by atoms with van der Waals surface area (Å²) in [6.45, 7) is 3.48. The highest BCUT2D eigenvalue weighted by Crippen LogP contribution is 2.32. The van der Waals surface area contributed by atoms with Crippen LogP contribution >= 0.6 is 0 Å². The van der Waals surface area contributed by atoms with E-state index in [0.717, 1.165) is 17.7 Å². The zero-order chi connectivity index (χ0) is 25.6. The van der Waals surface area contributed by atoms with Crippen LogP contribution in [0.15, 0.2) is 63.4 Å². The van der Waals surface area contributed by atoms with Crippen molar-refractivity contribution >= 4 is 17.3 Å². The van der Waals surface area contributed by atoms with Crippen LogP contribution in [0.5, 0.6) is 0 Å². The van der Waals surface area contributed by atoms with E-state index in [4.69, 9.17) is 14.2 Å². The SMILES string of the molecule is CNC(=O)/C(=N/OC)c1cccc(C)c1CO/N=C(\C)c1cc(-c2cccc(C(F)(F)F)c2)on1. The molecule has 35 heavy (non-hydrogen) atoms. The van der Waals surface area contributed by atoms with Gasteiger partial charge in [-0.3, -0.25) is 4.79 Å². The van der Waals surface area contributed by atoms with Crippen molar-refractivity contribution in [2.45, 2.75) is 26.6 Å². The van der Waals surface area contributed by atoms with E-state index >= 15 is 0 Å². The summed E-state index contributed by atoms with van der Waals surface area (Å²) in [6.07, 6.45) is -4.47. The summed E-state index contributed by atoms with van der Waals surface area (Å²) >= 11 is 0. The quantitative estimate of drug-likeness (QED) is 0.366. The molecule has 0 aliphatic rings. The second-order valence-electron chi connectivity index (χ2n) is 7.41. The summed E-state index contributed by atoms with van der Waals surface area (Å²) in [5.41, 5.74) is 2.21. The van der Waals surface area contributed by atoms with Crippen molar-refractivity contribution in [2.75, 3.05) is 14.2 Å². The van der Waals surface area contributed by atoms with Crippen molar-refractivity contribution in [3.63, 3.8) is 0 Å². The maximum atomic E-state index is 13.0. The number of aryl methyl sites for hydroxylation is 1. The van der Waals surface area contributed by atoms with Gasteiger partial charge in [0.2, 0.25) is 0 Å². The van der Waals surface area contributed by atoms with Crippen molar-refractivity contribution < 1.29 is 32.2 Å². The number of hydrogen-bond acceptors (Lipinski definition) is 7. The fourth-order valence-electron chi connectivity index (χ4n) is 3.21. The van der Waals surface area contributed by atoms with Crippen LogP contribution in [0.2, 0.25) is 0 Å². The third-order valence-electron chi connectivity index (χ3n) is 5.06. The van der Waals surface area contributed by atoms with E-state index in [2.05, 4.69) is 20.8 Å². The lowest BCUT2D eigenvalue weighted by Gasteiger charge is -2.12. The Labute approximate surface area is 199 Å². The lowest BCUT2D eigenvalue weighted by Crippen LogP contribution is -2.29. The molecule has 0 saturated heterocycles. The van der Waals surface area contributed by atoms with Gasteiger partial charge in [-0.25, -0.2) is 0 Å². The molecule has 3 aromatic rings. The second-order valence-corrected chi connectivity index (χ2v) is 7.41. The Morgan fingerprint density at radius 1 is 1.14 bits per heavy atom. The topological polar surface area (TPSA) is 98.3 Å². The first-order valence-electron chi connectivity index (χ1n) is 10.4. The Bertz CT molecular complexity index is 1270. The van der Waals surface area contributed by atoms with Gasteiger partial charge >= 0.3 is 6.18 Å². The van der Waals surface area contributed by atoms with Crippen LogP contribution in [-0.2, 0) is 27.3 Å². The minimum atomic E-state index is -4.47. The van der Waals surface area contributed by atoms with E-state index in [1.54, 1.807) is 19.1 Å². The van der Waals surface area contributed by atoms with Crippen molar-refractivity contribution in [3.8, 4) is 11.3 Å². The van der Waals surface area contributed by atoms with Crippen molar-refractivity contribution in [1.82, 2.24) is 10.5 Å². The normalized spacial score (nSPS) is 12.4. The highest BCUT2D eigenvalue weighted by atomic mass is 19.4. The molecule has 0 aliphatic heterocycles. The van der Waals surface area contributed by atoms with Crippen LogP contribution in [-0.4, -0.2) is 36.6 Å². The van der Waals surface area contributed by atoms with Gasteiger partial charge in [-0.2, -0.15) is 13.2 Å². The van der Waals surface area contributed by atoms with E-state index in [-0.39, 0.29) is 23.6 Å². The highest BCUT2D eigenvalue weighted by Gasteiger charge is 2.30. The van der Waals surface area contributed by atoms with Crippen LogP contribution in [0, 0.1) is 6.92 Å². The molecule has 1 aromatic heterocycles. The maximum absolute atomic E-state index is 13.0. The maximum Gasteiger partial charge on any atom is 0.416 e. The number of amides is 1. The fourth-order valence-corrected chi connectivity index (χ4v) is 3.21. The molecule has 0 atom stereocenters. The number of carbonyl (C=O) groups excluding carboxylic acids is 1. The van der Waals surface area contributed by atoms with Gasteiger partial charge in [-0.15, -0.1) is 0 Å². The molecule has 11 heteroatoms. The average molecular weight is 488 g/mol. The summed E-state index contributed by atoms with van der Waals surface area (Å²) in [4.78, 5) is 22.6. The number of likely N-dealkylation sites (N-methyl/N-ethyl adjacent to an activating group) is 1. The Morgan fingerprint density at radius 2 is 1.89 bits per heavy atom. The molecular weight excluding hydrogens is 465 g/mol. The third kappa shape index (κ3) is 6.05. The summed E-state index contributed by atoms with van der Waals surface area (Å²) in [6, 6.07) is 11.6. The van der Waals surface area contributed by atoms with Crippen LogP contribution in [0.1, 0.15) is 34.9 Å². The van der Waals surface area contributed by atoms with Crippen LogP contribution in [0.4, 0.5) is 13.2 Å². The molecule has 2 aromatic carbocycles. The van der Waals surface area contributed by atoms with E-state index < -0.39 is 17.6 Å². The summed E-state index contributed by atoms with van der Waals surface area (Å²) in [7, 11) is 2.83. The first-order valence-corrected chi connectivity index (χ1v) is 10.4. The molecule has 0 aliphatic carbocycles. The first kappa shape index (κ1) is 25.5. The molecule has 1 N–H and O–H groups in total. The third-order valence-corrected chi connectivity index (χ3v) is 5.06. The first-order chi connectivity index (χ1) is 16.7. The minimum Gasteiger partial charge on any atom is -0.398 e.